The Morgan fingerprint density at radius 2 is 1.61 bits per heavy atom. The molecule has 5 aromatic rings. The lowest BCUT2D eigenvalue weighted by atomic mass is 10.1. The van der Waals surface area contributed by atoms with Crippen LogP contribution in [0.25, 0.3) is 11.2 Å². The molecular weight excluding hydrogens is 570 g/mol. The number of aliphatic hydroxyl groups is 2. The van der Waals surface area contributed by atoms with Gasteiger partial charge < -0.3 is 24.7 Å². The molecule has 4 atom stereocenters. The van der Waals surface area contributed by atoms with Gasteiger partial charge in [0.05, 0.1) is 12.9 Å². The molecular formula is C34H35N5O4Si. The van der Waals surface area contributed by atoms with Gasteiger partial charge in [-0.2, -0.15) is 0 Å². The van der Waals surface area contributed by atoms with Crippen molar-refractivity contribution in [3.63, 3.8) is 0 Å². The van der Waals surface area contributed by atoms with Crippen LogP contribution in [0.4, 0.5) is 11.5 Å². The molecule has 0 bridgehead atoms. The van der Waals surface area contributed by atoms with E-state index in [4.69, 9.17) is 15.6 Å². The van der Waals surface area contributed by atoms with Crippen molar-refractivity contribution in [1.82, 2.24) is 19.5 Å². The quantitative estimate of drug-likeness (QED) is 0.181. The Balaban J connectivity index is 1.28. The van der Waals surface area contributed by atoms with Gasteiger partial charge in [-0.15, -0.1) is 6.42 Å². The van der Waals surface area contributed by atoms with E-state index in [9.17, 15) is 10.2 Å². The minimum Gasteiger partial charge on any atom is -0.405 e. The molecule has 1 fully saturated rings. The number of ether oxygens (including phenoxy) is 1. The molecule has 9 nitrogen and oxygen atoms in total. The molecule has 0 radical (unpaired) electrons. The van der Waals surface area contributed by atoms with Crippen LogP contribution in [0.3, 0.4) is 0 Å². The Morgan fingerprint density at radius 1 is 0.932 bits per heavy atom. The first-order valence-electron chi connectivity index (χ1n) is 14.5. The number of imidazole rings is 1. The number of rotatable bonds is 8. The van der Waals surface area contributed by atoms with Gasteiger partial charge in [0.15, 0.2) is 23.2 Å². The lowest BCUT2D eigenvalue weighted by Crippen LogP contribution is -2.67. The molecule has 1 saturated heterocycles. The third-order valence-corrected chi connectivity index (χ3v) is 13.1. The minimum absolute atomic E-state index is 0.0853. The fourth-order valence-electron chi connectivity index (χ4n) is 6.02. The van der Waals surface area contributed by atoms with E-state index >= 15 is 0 Å². The highest BCUT2D eigenvalue weighted by Gasteiger charge is 2.52. The van der Waals surface area contributed by atoms with Crippen molar-refractivity contribution in [3.05, 3.63) is 103 Å². The lowest BCUT2D eigenvalue weighted by molar-refractivity contribution is -0.0486. The van der Waals surface area contributed by atoms with Gasteiger partial charge >= 0.3 is 0 Å². The minimum atomic E-state index is -2.89. The van der Waals surface area contributed by atoms with E-state index in [0.717, 1.165) is 21.6 Å². The molecule has 0 amide bonds. The molecule has 10 heteroatoms. The van der Waals surface area contributed by atoms with Crippen LogP contribution >= 0.6 is 0 Å². The van der Waals surface area contributed by atoms with Crippen LogP contribution in [-0.4, -0.2) is 63.0 Å². The van der Waals surface area contributed by atoms with E-state index in [-0.39, 0.29) is 11.6 Å². The van der Waals surface area contributed by atoms with Crippen molar-refractivity contribution in [2.75, 3.05) is 11.9 Å². The number of aliphatic hydroxyl groups excluding tert-OH is 2. The zero-order valence-corrected chi connectivity index (χ0v) is 25.8. The molecule has 1 aliphatic rings. The Hall–Kier alpha value is -4.37. The summed E-state index contributed by atoms with van der Waals surface area (Å²) in [5, 5.41) is 27.6. The molecule has 3 N–H and O–H groups in total. The maximum Gasteiger partial charge on any atom is 0.261 e. The standard InChI is InChI=1S/C34H35N5O4Si/c1-5-23-13-12-14-24(19-23)38-31-28-32(36-21-35-31)39(22-37-28)33-30(41)29(40)27(43-33)20-42-44(34(2,3)4,25-15-8-6-9-16-25)26-17-10-7-11-18-26/h1,6-19,21-22,27,29-30,33,40-41H,20H2,2-4H3,(H,35,36,38)/t27-,29-,30-,33+/m1/s1. The Labute approximate surface area is 257 Å². The highest BCUT2D eigenvalue weighted by atomic mass is 28.4. The number of fused-ring (bicyclic) bond motifs is 1. The average molecular weight is 606 g/mol. The van der Waals surface area contributed by atoms with Crippen LogP contribution < -0.4 is 15.7 Å². The molecule has 0 aliphatic carbocycles. The fraction of sp³-hybridized carbons (Fsp3) is 0.265. The van der Waals surface area contributed by atoms with Gasteiger partial charge in [0.2, 0.25) is 0 Å². The van der Waals surface area contributed by atoms with Crippen LogP contribution in [-0.2, 0) is 9.16 Å². The monoisotopic (exact) mass is 605 g/mol. The predicted molar refractivity (Wildman–Crippen MR) is 172 cm³/mol. The molecule has 3 heterocycles. The van der Waals surface area contributed by atoms with Crippen molar-refractivity contribution < 1.29 is 19.4 Å². The second kappa shape index (κ2) is 12.0. The van der Waals surface area contributed by atoms with Gasteiger partial charge in [0.25, 0.3) is 8.32 Å². The van der Waals surface area contributed by atoms with Gasteiger partial charge in [-0.1, -0.05) is 93.4 Å². The van der Waals surface area contributed by atoms with Crippen molar-refractivity contribution >= 4 is 41.4 Å². The molecule has 3 aromatic carbocycles. The summed E-state index contributed by atoms with van der Waals surface area (Å²) in [6, 6.07) is 27.9. The van der Waals surface area contributed by atoms with E-state index in [1.165, 1.54) is 12.7 Å². The van der Waals surface area contributed by atoms with Crippen molar-refractivity contribution in [2.45, 2.75) is 50.3 Å². The number of anilines is 2. The number of benzene rings is 3. The Morgan fingerprint density at radius 3 is 2.25 bits per heavy atom. The summed E-state index contributed by atoms with van der Waals surface area (Å²) in [6.07, 6.45) is 4.34. The van der Waals surface area contributed by atoms with Gasteiger partial charge in [0, 0.05) is 11.3 Å². The first kappa shape index (κ1) is 29.7. The zero-order chi connectivity index (χ0) is 30.9. The summed E-state index contributed by atoms with van der Waals surface area (Å²) in [5.41, 5.74) is 2.41. The summed E-state index contributed by atoms with van der Waals surface area (Å²) in [5.74, 6) is 3.10. The first-order chi connectivity index (χ1) is 21.2. The number of hydrogen-bond donors (Lipinski definition) is 3. The smallest absolute Gasteiger partial charge is 0.261 e. The highest BCUT2D eigenvalue weighted by molar-refractivity contribution is 6.99. The maximum atomic E-state index is 11.2. The SMILES string of the molecule is C#Cc1cccc(Nc2ncnc3c2ncn3[C@H]2O[C@H](CO[Si](c3ccccc3)(c3ccccc3)C(C)(C)C)[C@@H](O)[C@H]2O)c1. The second-order valence-electron chi connectivity index (χ2n) is 11.9. The summed E-state index contributed by atoms with van der Waals surface area (Å²) in [7, 11) is -2.89. The number of nitrogens with one attached hydrogen (secondary N) is 1. The van der Waals surface area contributed by atoms with Gasteiger partial charge in [0.1, 0.15) is 24.6 Å². The molecule has 2 aromatic heterocycles. The highest BCUT2D eigenvalue weighted by Crippen LogP contribution is 2.38. The van der Waals surface area contributed by atoms with Crippen LogP contribution in [0.15, 0.2) is 97.6 Å². The summed E-state index contributed by atoms with van der Waals surface area (Å²) >= 11 is 0. The summed E-state index contributed by atoms with van der Waals surface area (Å²) in [4.78, 5) is 13.3. The normalized spacial score (nSPS) is 20.5. The van der Waals surface area contributed by atoms with Crippen molar-refractivity contribution in [1.29, 1.82) is 0 Å². The molecule has 6 rings (SSSR count). The lowest BCUT2D eigenvalue weighted by Gasteiger charge is -2.43. The first-order valence-corrected chi connectivity index (χ1v) is 16.4. The molecule has 224 valence electrons. The maximum absolute atomic E-state index is 11.2. The molecule has 0 saturated carbocycles. The van der Waals surface area contributed by atoms with Crippen molar-refractivity contribution in [2.24, 2.45) is 0 Å². The molecule has 1 aliphatic heterocycles. The topological polar surface area (TPSA) is 115 Å². The van der Waals surface area contributed by atoms with E-state index in [1.807, 2.05) is 60.7 Å². The fourth-order valence-corrected chi connectivity index (χ4v) is 10.6. The van der Waals surface area contributed by atoms with Gasteiger partial charge in [-0.25, -0.2) is 15.0 Å². The molecule has 0 unspecified atom stereocenters. The molecule has 44 heavy (non-hydrogen) atoms. The zero-order valence-electron chi connectivity index (χ0n) is 24.8. The van der Waals surface area contributed by atoms with E-state index in [2.05, 4.69) is 71.2 Å². The Kier molecular flexibility index (Phi) is 8.07. The number of terminal acetylenes is 1. The average Bonchev–Trinajstić information content (AvgIpc) is 3.59. The third-order valence-electron chi connectivity index (χ3n) is 8.14. The van der Waals surface area contributed by atoms with E-state index in [0.29, 0.717) is 17.0 Å². The third kappa shape index (κ3) is 5.30. The number of hydrogen-bond acceptors (Lipinski definition) is 8. The largest absolute Gasteiger partial charge is 0.405 e. The summed E-state index contributed by atoms with van der Waals surface area (Å²) in [6.45, 7) is 6.65. The summed E-state index contributed by atoms with van der Waals surface area (Å²) < 4.78 is 14.9. The predicted octanol–water partition coefficient (Wildman–Crippen LogP) is 3.75. The van der Waals surface area contributed by atoms with E-state index < -0.39 is 32.9 Å². The van der Waals surface area contributed by atoms with Crippen molar-refractivity contribution in [3.8, 4) is 12.3 Å². The number of aromatic nitrogens is 4. The van der Waals surface area contributed by atoms with Crippen LogP contribution in [0.2, 0.25) is 5.04 Å². The Bertz CT molecular complexity index is 1750. The van der Waals surface area contributed by atoms with Gasteiger partial charge in [-0.3, -0.25) is 4.57 Å². The number of nitrogens with zero attached hydrogens (tertiary/aromatic N) is 4. The van der Waals surface area contributed by atoms with Crippen LogP contribution in [0.5, 0.6) is 0 Å². The van der Waals surface area contributed by atoms with Crippen LogP contribution in [0.1, 0.15) is 32.6 Å². The molecule has 0 spiro atoms. The van der Waals surface area contributed by atoms with E-state index in [1.54, 1.807) is 4.57 Å². The second-order valence-corrected chi connectivity index (χ2v) is 16.2. The van der Waals surface area contributed by atoms with Crippen LogP contribution in [0, 0.1) is 12.3 Å². The van der Waals surface area contributed by atoms with Gasteiger partial charge in [-0.05, 0) is 33.6 Å².